The van der Waals surface area contributed by atoms with Crippen LogP contribution in [0.3, 0.4) is 0 Å². The summed E-state index contributed by atoms with van der Waals surface area (Å²) in [5, 5.41) is 3.94. The van der Waals surface area contributed by atoms with E-state index in [9.17, 15) is 9.59 Å². The van der Waals surface area contributed by atoms with Gasteiger partial charge in [0.25, 0.3) is 5.91 Å². The molecular formula is C16H12ClN3O2S. The lowest BCUT2D eigenvalue weighted by Crippen LogP contribution is -2.14. The zero-order valence-corrected chi connectivity index (χ0v) is 13.4. The van der Waals surface area contributed by atoms with Crippen LogP contribution < -0.4 is 10.9 Å². The Labute approximate surface area is 141 Å². The van der Waals surface area contributed by atoms with Gasteiger partial charge in [-0.25, -0.2) is 4.98 Å². The fourth-order valence-corrected chi connectivity index (χ4v) is 2.94. The molecule has 7 heteroatoms. The van der Waals surface area contributed by atoms with Crippen LogP contribution in [0.1, 0.15) is 20.8 Å². The SMILES string of the molecule is O=C(Nc1ncc(Cc2ccc(Cl)cc2)s1)c1ccc(=O)[nH]c1. The maximum Gasteiger partial charge on any atom is 0.258 e. The summed E-state index contributed by atoms with van der Waals surface area (Å²) in [6, 6.07) is 10.4. The number of hydrogen-bond donors (Lipinski definition) is 2. The van der Waals surface area contributed by atoms with E-state index in [-0.39, 0.29) is 11.5 Å². The highest BCUT2D eigenvalue weighted by Crippen LogP contribution is 2.22. The summed E-state index contributed by atoms with van der Waals surface area (Å²) < 4.78 is 0. The number of pyridine rings is 1. The van der Waals surface area contributed by atoms with E-state index in [4.69, 9.17) is 11.6 Å². The van der Waals surface area contributed by atoms with Gasteiger partial charge in [-0.15, -0.1) is 11.3 Å². The third-order valence-electron chi connectivity index (χ3n) is 3.11. The number of nitrogens with zero attached hydrogens (tertiary/aromatic N) is 1. The highest BCUT2D eigenvalue weighted by Gasteiger charge is 2.09. The molecule has 0 aliphatic heterocycles. The summed E-state index contributed by atoms with van der Waals surface area (Å²) in [7, 11) is 0. The van der Waals surface area contributed by atoms with E-state index in [2.05, 4.69) is 15.3 Å². The number of hydrogen-bond acceptors (Lipinski definition) is 4. The van der Waals surface area contributed by atoms with Gasteiger partial charge in [0.05, 0.1) is 5.56 Å². The average molecular weight is 346 g/mol. The Bertz CT molecular complexity index is 866. The molecule has 0 atom stereocenters. The minimum Gasteiger partial charge on any atom is -0.328 e. The van der Waals surface area contributed by atoms with Gasteiger partial charge in [0.2, 0.25) is 5.56 Å². The van der Waals surface area contributed by atoms with Crippen LogP contribution in [0.5, 0.6) is 0 Å². The number of thiazole rings is 1. The van der Waals surface area contributed by atoms with Crippen LogP contribution >= 0.6 is 22.9 Å². The van der Waals surface area contributed by atoms with Crippen molar-refractivity contribution in [1.82, 2.24) is 9.97 Å². The molecule has 2 N–H and O–H groups in total. The Balaban J connectivity index is 1.67. The Hall–Kier alpha value is -2.44. The number of halogens is 1. The summed E-state index contributed by atoms with van der Waals surface area (Å²) in [4.78, 5) is 30.7. The van der Waals surface area contributed by atoms with E-state index in [1.807, 2.05) is 24.3 Å². The van der Waals surface area contributed by atoms with Crippen molar-refractivity contribution in [2.75, 3.05) is 5.32 Å². The van der Waals surface area contributed by atoms with Crippen molar-refractivity contribution >= 4 is 34.0 Å². The molecule has 3 rings (SSSR count). The number of aromatic amines is 1. The quantitative estimate of drug-likeness (QED) is 0.761. The molecule has 3 aromatic rings. The van der Waals surface area contributed by atoms with E-state index >= 15 is 0 Å². The Morgan fingerprint density at radius 2 is 2.00 bits per heavy atom. The number of rotatable bonds is 4. The maximum atomic E-state index is 12.0. The summed E-state index contributed by atoms with van der Waals surface area (Å²) >= 11 is 7.27. The fourth-order valence-electron chi connectivity index (χ4n) is 1.97. The second kappa shape index (κ2) is 6.76. The third-order valence-corrected chi connectivity index (χ3v) is 4.28. The number of H-pyrrole nitrogens is 1. The fraction of sp³-hybridized carbons (Fsp3) is 0.0625. The molecule has 0 saturated heterocycles. The summed E-state index contributed by atoms with van der Waals surface area (Å²) in [5.74, 6) is -0.311. The lowest BCUT2D eigenvalue weighted by molar-refractivity contribution is 0.102. The van der Waals surface area contributed by atoms with Crippen LogP contribution in [0.15, 0.2) is 53.6 Å². The Morgan fingerprint density at radius 1 is 1.22 bits per heavy atom. The van der Waals surface area contributed by atoms with Gasteiger partial charge in [0, 0.05) is 34.8 Å². The first-order valence-electron chi connectivity index (χ1n) is 6.79. The molecule has 5 nitrogen and oxygen atoms in total. The van der Waals surface area contributed by atoms with Crippen molar-refractivity contribution < 1.29 is 4.79 Å². The third kappa shape index (κ3) is 4.06. The molecular weight excluding hydrogens is 334 g/mol. The lowest BCUT2D eigenvalue weighted by Gasteiger charge is -2.00. The van der Waals surface area contributed by atoms with Crippen molar-refractivity contribution in [2.24, 2.45) is 0 Å². The molecule has 0 fully saturated rings. The molecule has 2 aromatic heterocycles. The van der Waals surface area contributed by atoms with E-state index in [0.29, 0.717) is 15.7 Å². The standard InChI is InChI=1S/C16H12ClN3O2S/c17-12-4-1-10(2-5-12)7-13-9-19-16(23-13)20-15(22)11-3-6-14(21)18-8-11/h1-6,8-9H,7H2,(H,18,21)(H,19,20,22). The molecule has 0 spiro atoms. The Kier molecular flexibility index (Phi) is 4.55. The summed E-state index contributed by atoms with van der Waals surface area (Å²) in [6.45, 7) is 0. The number of benzene rings is 1. The van der Waals surface area contributed by atoms with Crippen molar-refractivity contribution in [3.05, 3.63) is 80.2 Å². The topological polar surface area (TPSA) is 74.8 Å². The van der Waals surface area contributed by atoms with Gasteiger partial charge in [-0.2, -0.15) is 0 Å². The van der Waals surface area contributed by atoms with Gasteiger partial charge >= 0.3 is 0 Å². The predicted octanol–water partition coefficient (Wildman–Crippen LogP) is 3.33. The number of anilines is 1. The van der Waals surface area contributed by atoms with Gasteiger partial charge in [-0.1, -0.05) is 23.7 Å². The van der Waals surface area contributed by atoms with E-state index in [1.54, 1.807) is 6.20 Å². The minimum absolute atomic E-state index is 0.249. The van der Waals surface area contributed by atoms with Crippen LogP contribution in [-0.2, 0) is 6.42 Å². The van der Waals surface area contributed by atoms with Crippen molar-refractivity contribution in [2.45, 2.75) is 6.42 Å². The molecule has 1 aromatic carbocycles. The van der Waals surface area contributed by atoms with E-state index in [0.717, 1.165) is 16.9 Å². The number of nitrogens with one attached hydrogen (secondary N) is 2. The van der Waals surface area contributed by atoms with Crippen LogP contribution in [0.4, 0.5) is 5.13 Å². The molecule has 0 aliphatic rings. The molecule has 0 aliphatic carbocycles. The number of aromatic nitrogens is 2. The van der Waals surface area contributed by atoms with E-state index < -0.39 is 0 Å². The first-order valence-corrected chi connectivity index (χ1v) is 7.99. The predicted molar refractivity (Wildman–Crippen MR) is 91.4 cm³/mol. The van der Waals surface area contributed by atoms with Crippen LogP contribution in [0.2, 0.25) is 5.02 Å². The number of carbonyl (C=O) groups excluding carboxylic acids is 1. The van der Waals surface area contributed by atoms with Crippen molar-refractivity contribution in [3.8, 4) is 0 Å². The molecule has 116 valence electrons. The normalized spacial score (nSPS) is 10.5. The zero-order valence-electron chi connectivity index (χ0n) is 11.9. The highest BCUT2D eigenvalue weighted by molar-refractivity contribution is 7.15. The monoisotopic (exact) mass is 345 g/mol. The van der Waals surface area contributed by atoms with Crippen molar-refractivity contribution in [1.29, 1.82) is 0 Å². The zero-order chi connectivity index (χ0) is 16.2. The lowest BCUT2D eigenvalue weighted by atomic mass is 10.1. The highest BCUT2D eigenvalue weighted by atomic mass is 35.5. The minimum atomic E-state index is -0.311. The van der Waals surface area contributed by atoms with Gasteiger partial charge in [0.1, 0.15) is 0 Å². The van der Waals surface area contributed by atoms with Gasteiger partial charge in [-0.05, 0) is 23.8 Å². The first kappa shape index (κ1) is 15.5. The Morgan fingerprint density at radius 3 is 2.70 bits per heavy atom. The summed E-state index contributed by atoms with van der Waals surface area (Å²) in [6.07, 6.45) is 3.84. The molecule has 2 heterocycles. The molecule has 23 heavy (non-hydrogen) atoms. The van der Waals surface area contributed by atoms with Gasteiger partial charge in [0.15, 0.2) is 5.13 Å². The molecule has 0 saturated carbocycles. The second-order valence-corrected chi connectivity index (χ2v) is 6.38. The van der Waals surface area contributed by atoms with Crippen LogP contribution in [0.25, 0.3) is 0 Å². The van der Waals surface area contributed by atoms with Gasteiger partial charge < -0.3 is 4.98 Å². The van der Waals surface area contributed by atoms with Crippen LogP contribution in [-0.4, -0.2) is 15.9 Å². The number of amides is 1. The van der Waals surface area contributed by atoms with Crippen molar-refractivity contribution in [3.63, 3.8) is 0 Å². The smallest absolute Gasteiger partial charge is 0.258 e. The summed E-state index contributed by atoms with van der Waals surface area (Å²) in [5.41, 5.74) is 1.25. The average Bonchev–Trinajstić information content (AvgIpc) is 2.97. The largest absolute Gasteiger partial charge is 0.328 e. The second-order valence-electron chi connectivity index (χ2n) is 4.83. The molecule has 0 unspecified atom stereocenters. The number of carbonyl (C=O) groups is 1. The first-order chi connectivity index (χ1) is 11.1. The van der Waals surface area contributed by atoms with E-state index in [1.165, 1.54) is 29.7 Å². The molecule has 0 radical (unpaired) electrons. The van der Waals surface area contributed by atoms with Crippen LogP contribution in [0, 0.1) is 0 Å². The van der Waals surface area contributed by atoms with Gasteiger partial charge in [-0.3, -0.25) is 14.9 Å². The molecule has 0 bridgehead atoms. The maximum absolute atomic E-state index is 12.0. The molecule has 1 amide bonds.